The molecule has 112 valence electrons. The SMILES string of the molecule is CCCCCC(C)Nc1cccc(SCC)c1C(=O)O. The van der Waals surface area contributed by atoms with Crippen LogP contribution in [-0.4, -0.2) is 22.9 Å². The summed E-state index contributed by atoms with van der Waals surface area (Å²) < 4.78 is 0. The van der Waals surface area contributed by atoms with Crippen LogP contribution in [0.15, 0.2) is 23.1 Å². The molecule has 0 saturated heterocycles. The molecule has 3 nitrogen and oxygen atoms in total. The molecule has 0 aromatic heterocycles. The maximum absolute atomic E-state index is 11.5. The lowest BCUT2D eigenvalue weighted by molar-refractivity contribution is 0.0694. The predicted octanol–water partition coefficient (Wildman–Crippen LogP) is 4.88. The van der Waals surface area contributed by atoms with Crippen LogP contribution in [0.4, 0.5) is 5.69 Å². The molecule has 1 aromatic carbocycles. The predicted molar refractivity (Wildman–Crippen MR) is 87.0 cm³/mol. The topological polar surface area (TPSA) is 49.3 Å². The Hall–Kier alpha value is -1.16. The minimum Gasteiger partial charge on any atom is -0.478 e. The second kappa shape index (κ2) is 8.90. The van der Waals surface area contributed by atoms with Crippen LogP contribution in [0.2, 0.25) is 0 Å². The van der Waals surface area contributed by atoms with E-state index in [-0.39, 0.29) is 0 Å². The maximum atomic E-state index is 11.5. The lowest BCUT2D eigenvalue weighted by Gasteiger charge is -2.18. The molecule has 0 bridgehead atoms. The lowest BCUT2D eigenvalue weighted by Crippen LogP contribution is -2.17. The van der Waals surface area contributed by atoms with Crippen LogP contribution in [-0.2, 0) is 0 Å². The van der Waals surface area contributed by atoms with Gasteiger partial charge in [-0.25, -0.2) is 4.79 Å². The maximum Gasteiger partial charge on any atom is 0.338 e. The Morgan fingerprint density at radius 3 is 2.70 bits per heavy atom. The van der Waals surface area contributed by atoms with Crippen LogP contribution >= 0.6 is 11.8 Å². The third-order valence-electron chi connectivity index (χ3n) is 3.18. The summed E-state index contributed by atoms with van der Waals surface area (Å²) in [7, 11) is 0. The highest BCUT2D eigenvalue weighted by atomic mass is 32.2. The van der Waals surface area contributed by atoms with Crippen LogP contribution in [0.5, 0.6) is 0 Å². The molecular formula is C16H25NO2S. The van der Waals surface area contributed by atoms with Crippen LogP contribution in [0.25, 0.3) is 0 Å². The second-order valence-corrected chi connectivity index (χ2v) is 6.26. The van der Waals surface area contributed by atoms with Gasteiger partial charge in [0.25, 0.3) is 0 Å². The summed E-state index contributed by atoms with van der Waals surface area (Å²) in [5, 5.41) is 12.8. The standard InChI is InChI=1S/C16H25NO2S/c1-4-6-7-9-12(3)17-13-10-8-11-14(20-5-2)15(13)16(18)19/h8,10-12,17H,4-7,9H2,1-3H3,(H,18,19). The molecular weight excluding hydrogens is 270 g/mol. The molecule has 0 heterocycles. The molecule has 1 unspecified atom stereocenters. The zero-order valence-electron chi connectivity index (χ0n) is 12.6. The van der Waals surface area contributed by atoms with Crippen LogP contribution in [0, 0.1) is 0 Å². The fraction of sp³-hybridized carbons (Fsp3) is 0.562. The Morgan fingerprint density at radius 2 is 2.10 bits per heavy atom. The van der Waals surface area contributed by atoms with Crippen molar-refractivity contribution in [2.24, 2.45) is 0 Å². The van der Waals surface area contributed by atoms with Crippen LogP contribution in [0.1, 0.15) is 56.8 Å². The monoisotopic (exact) mass is 295 g/mol. The van der Waals surface area contributed by atoms with Gasteiger partial charge in [-0.3, -0.25) is 0 Å². The van der Waals surface area contributed by atoms with Gasteiger partial charge in [-0.05, 0) is 31.2 Å². The van der Waals surface area contributed by atoms with E-state index in [0.717, 1.165) is 22.8 Å². The van der Waals surface area contributed by atoms with Crippen molar-refractivity contribution in [1.29, 1.82) is 0 Å². The van der Waals surface area contributed by atoms with Gasteiger partial charge < -0.3 is 10.4 Å². The van der Waals surface area contributed by atoms with Gasteiger partial charge in [0.2, 0.25) is 0 Å². The summed E-state index contributed by atoms with van der Waals surface area (Å²) in [5.74, 6) is 0.0142. The van der Waals surface area contributed by atoms with E-state index in [0.29, 0.717) is 11.6 Å². The van der Waals surface area contributed by atoms with Crippen LogP contribution in [0.3, 0.4) is 0 Å². The molecule has 1 atom stereocenters. The lowest BCUT2D eigenvalue weighted by atomic mass is 10.1. The van der Waals surface area contributed by atoms with Gasteiger partial charge in [-0.15, -0.1) is 11.8 Å². The van der Waals surface area contributed by atoms with Crippen molar-refractivity contribution in [3.63, 3.8) is 0 Å². The first-order valence-corrected chi connectivity index (χ1v) is 8.34. The van der Waals surface area contributed by atoms with E-state index >= 15 is 0 Å². The van der Waals surface area contributed by atoms with Gasteiger partial charge in [0.05, 0.1) is 11.3 Å². The van der Waals surface area contributed by atoms with Crippen molar-refractivity contribution in [3.8, 4) is 0 Å². The largest absolute Gasteiger partial charge is 0.478 e. The Labute approximate surface area is 126 Å². The molecule has 0 aliphatic rings. The number of hydrogen-bond acceptors (Lipinski definition) is 3. The van der Waals surface area contributed by atoms with E-state index in [1.807, 2.05) is 25.1 Å². The van der Waals surface area contributed by atoms with Crippen molar-refractivity contribution in [3.05, 3.63) is 23.8 Å². The van der Waals surface area contributed by atoms with Gasteiger partial charge in [-0.1, -0.05) is 39.2 Å². The number of unbranched alkanes of at least 4 members (excludes halogenated alkanes) is 2. The zero-order chi connectivity index (χ0) is 15.0. The summed E-state index contributed by atoms with van der Waals surface area (Å²) >= 11 is 1.57. The molecule has 1 rings (SSSR count). The molecule has 0 spiro atoms. The highest BCUT2D eigenvalue weighted by Crippen LogP contribution is 2.29. The minimum atomic E-state index is -0.857. The molecule has 0 radical (unpaired) electrons. The fourth-order valence-electron chi connectivity index (χ4n) is 2.19. The molecule has 20 heavy (non-hydrogen) atoms. The van der Waals surface area contributed by atoms with Crippen molar-refractivity contribution in [2.45, 2.75) is 57.4 Å². The first-order chi connectivity index (χ1) is 9.60. The molecule has 1 aromatic rings. The number of aromatic carboxylic acids is 1. The summed E-state index contributed by atoms with van der Waals surface area (Å²) in [6, 6.07) is 5.96. The Bertz CT molecular complexity index is 434. The smallest absolute Gasteiger partial charge is 0.338 e. The number of carboxylic acids is 1. The Morgan fingerprint density at radius 1 is 1.35 bits per heavy atom. The van der Waals surface area contributed by atoms with E-state index in [4.69, 9.17) is 0 Å². The van der Waals surface area contributed by atoms with Gasteiger partial charge in [0.1, 0.15) is 0 Å². The third kappa shape index (κ3) is 5.08. The number of thioether (sulfide) groups is 1. The quantitative estimate of drug-likeness (QED) is 0.503. The number of rotatable bonds is 9. The second-order valence-electron chi connectivity index (χ2n) is 4.96. The molecule has 2 N–H and O–H groups in total. The average molecular weight is 295 g/mol. The molecule has 4 heteroatoms. The molecule has 0 fully saturated rings. The number of nitrogens with one attached hydrogen (secondary N) is 1. The van der Waals surface area contributed by atoms with Crippen molar-refractivity contribution in [1.82, 2.24) is 0 Å². The van der Waals surface area contributed by atoms with E-state index < -0.39 is 5.97 Å². The zero-order valence-corrected chi connectivity index (χ0v) is 13.4. The van der Waals surface area contributed by atoms with Crippen LogP contribution < -0.4 is 5.32 Å². The molecule has 0 aliphatic heterocycles. The first-order valence-electron chi connectivity index (χ1n) is 7.35. The Kier molecular flexibility index (Phi) is 7.52. The van der Waals surface area contributed by atoms with E-state index in [9.17, 15) is 9.90 Å². The number of carboxylic acid groups (broad SMARTS) is 1. The highest BCUT2D eigenvalue weighted by Gasteiger charge is 2.16. The van der Waals surface area contributed by atoms with Gasteiger partial charge >= 0.3 is 5.97 Å². The number of hydrogen-bond donors (Lipinski definition) is 2. The summed E-state index contributed by atoms with van der Waals surface area (Å²) in [6.45, 7) is 6.33. The normalized spacial score (nSPS) is 12.2. The minimum absolute atomic E-state index is 0.293. The molecule has 0 aliphatic carbocycles. The third-order valence-corrected chi connectivity index (χ3v) is 4.12. The van der Waals surface area contributed by atoms with Crippen molar-refractivity contribution >= 4 is 23.4 Å². The number of carbonyl (C=O) groups is 1. The highest BCUT2D eigenvalue weighted by molar-refractivity contribution is 7.99. The first kappa shape index (κ1) is 16.9. The van der Waals surface area contributed by atoms with Gasteiger partial charge in [-0.2, -0.15) is 0 Å². The van der Waals surface area contributed by atoms with Gasteiger partial charge in [0, 0.05) is 10.9 Å². The fourth-order valence-corrected chi connectivity index (χ4v) is 3.01. The summed E-state index contributed by atoms with van der Waals surface area (Å²) in [4.78, 5) is 12.3. The molecule has 0 amide bonds. The van der Waals surface area contributed by atoms with Crippen molar-refractivity contribution < 1.29 is 9.90 Å². The number of anilines is 1. The average Bonchev–Trinajstić information content (AvgIpc) is 2.39. The Balaban J connectivity index is 2.83. The van der Waals surface area contributed by atoms with Crippen molar-refractivity contribution in [2.75, 3.05) is 11.1 Å². The van der Waals surface area contributed by atoms with E-state index in [1.165, 1.54) is 19.3 Å². The van der Waals surface area contributed by atoms with Gasteiger partial charge in [0.15, 0.2) is 0 Å². The molecule has 0 saturated carbocycles. The summed E-state index contributed by atoms with van der Waals surface area (Å²) in [5.41, 5.74) is 1.14. The number of benzene rings is 1. The summed E-state index contributed by atoms with van der Waals surface area (Å²) in [6.07, 6.45) is 4.67. The van der Waals surface area contributed by atoms with E-state index in [1.54, 1.807) is 11.8 Å². The van der Waals surface area contributed by atoms with E-state index in [2.05, 4.69) is 19.2 Å².